The second-order valence-corrected chi connectivity index (χ2v) is 6.18. The molecule has 0 aliphatic rings. The Morgan fingerprint density at radius 1 is 1.05 bits per heavy atom. The van der Waals surface area contributed by atoms with E-state index in [-0.39, 0.29) is 11.2 Å². The Bertz CT molecular complexity index is 224. The SMILES string of the molecule is CCC=O.CNCCC(C)(C)OCCC(C)(C)OCCN. The summed E-state index contributed by atoms with van der Waals surface area (Å²) >= 11 is 0. The van der Waals surface area contributed by atoms with Crippen molar-refractivity contribution < 1.29 is 14.3 Å². The molecule has 0 aromatic heterocycles. The molecule has 0 aliphatic heterocycles. The Morgan fingerprint density at radius 2 is 1.52 bits per heavy atom. The van der Waals surface area contributed by atoms with Crippen LogP contribution in [0, 0.1) is 0 Å². The van der Waals surface area contributed by atoms with Crippen molar-refractivity contribution in [1.29, 1.82) is 0 Å². The standard InChI is InChI=1S/C13H30N2O2.C3H6O/c1-12(2,6-9-15-5)16-10-7-13(3,4)17-11-8-14;1-2-3-4/h15H,6-11,14H2,1-5H3;3H,2H2,1H3. The molecule has 0 spiro atoms. The van der Waals surface area contributed by atoms with Crippen LogP contribution in [0.4, 0.5) is 0 Å². The van der Waals surface area contributed by atoms with Gasteiger partial charge in [-0.2, -0.15) is 0 Å². The first-order chi connectivity index (χ1) is 9.74. The average molecular weight is 304 g/mol. The third-order valence-corrected chi connectivity index (χ3v) is 2.95. The van der Waals surface area contributed by atoms with Gasteiger partial charge in [-0.25, -0.2) is 0 Å². The molecule has 128 valence electrons. The summed E-state index contributed by atoms with van der Waals surface area (Å²) in [5.74, 6) is 0. The summed E-state index contributed by atoms with van der Waals surface area (Å²) in [5.41, 5.74) is 5.19. The summed E-state index contributed by atoms with van der Waals surface area (Å²) in [5, 5.41) is 3.14. The highest BCUT2D eigenvalue weighted by Crippen LogP contribution is 2.18. The zero-order chi connectivity index (χ0) is 16.8. The Morgan fingerprint density at radius 3 is 1.95 bits per heavy atom. The monoisotopic (exact) mass is 304 g/mol. The van der Waals surface area contributed by atoms with Crippen molar-refractivity contribution in [1.82, 2.24) is 5.32 Å². The van der Waals surface area contributed by atoms with Crippen LogP contribution in [0.25, 0.3) is 0 Å². The minimum absolute atomic E-state index is 0.0764. The fraction of sp³-hybridized carbons (Fsp3) is 0.938. The van der Waals surface area contributed by atoms with E-state index >= 15 is 0 Å². The van der Waals surface area contributed by atoms with Crippen LogP contribution in [0.15, 0.2) is 0 Å². The molecule has 0 rings (SSSR count). The van der Waals surface area contributed by atoms with Crippen molar-refractivity contribution in [2.75, 3.05) is 33.4 Å². The lowest BCUT2D eigenvalue weighted by Crippen LogP contribution is -2.33. The number of aldehydes is 1. The van der Waals surface area contributed by atoms with Gasteiger partial charge >= 0.3 is 0 Å². The Kier molecular flexibility index (Phi) is 14.3. The number of rotatable bonds is 11. The molecule has 0 radical (unpaired) electrons. The largest absolute Gasteiger partial charge is 0.375 e. The molecule has 0 saturated carbocycles. The quantitative estimate of drug-likeness (QED) is 0.572. The molecule has 0 bridgehead atoms. The lowest BCUT2D eigenvalue weighted by atomic mass is 10.0. The van der Waals surface area contributed by atoms with E-state index in [4.69, 9.17) is 15.2 Å². The summed E-state index contributed by atoms with van der Waals surface area (Å²) < 4.78 is 11.6. The third-order valence-electron chi connectivity index (χ3n) is 2.95. The van der Waals surface area contributed by atoms with Crippen LogP contribution in [0.5, 0.6) is 0 Å². The van der Waals surface area contributed by atoms with E-state index in [2.05, 4.69) is 33.0 Å². The van der Waals surface area contributed by atoms with Gasteiger partial charge in [0.1, 0.15) is 6.29 Å². The van der Waals surface area contributed by atoms with Crippen molar-refractivity contribution in [3.63, 3.8) is 0 Å². The van der Waals surface area contributed by atoms with Crippen molar-refractivity contribution in [3.05, 3.63) is 0 Å². The zero-order valence-electron chi connectivity index (χ0n) is 14.8. The van der Waals surface area contributed by atoms with Crippen LogP contribution in [-0.4, -0.2) is 50.8 Å². The highest BCUT2D eigenvalue weighted by Gasteiger charge is 2.22. The van der Waals surface area contributed by atoms with Gasteiger partial charge in [0.2, 0.25) is 0 Å². The van der Waals surface area contributed by atoms with E-state index in [1.807, 2.05) is 14.0 Å². The molecule has 0 saturated heterocycles. The van der Waals surface area contributed by atoms with Crippen molar-refractivity contribution in [3.8, 4) is 0 Å². The van der Waals surface area contributed by atoms with Crippen LogP contribution in [0.3, 0.4) is 0 Å². The number of ether oxygens (including phenoxy) is 2. The highest BCUT2D eigenvalue weighted by molar-refractivity contribution is 5.48. The minimum Gasteiger partial charge on any atom is -0.375 e. The van der Waals surface area contributed by atoms with E-state index in [0.29, 0.717) is 26.2 Å². The predicted molar refractivity (Wildman–Crippen MR) is 88.6 cm³/mol. The van der Waals surface area contributed by atoms with E-state index < -0.39 is 0 Å². The number of carbonyl (C=O) groups is 1. The summed E-state index contributed by atoms with van der Waals surface area (Å²) in [7, 11) is 1.96. The van der Waals surface area contributed by atoms with Gasteiger partial charge < -0.3 is 25.3 Å². The van der Waals surface area contributed by atoms with Gasteiger partial charge in [-0.15, -0.1) is 0 Å². The first-order valence-corrected chi connectivity index (χ1v) is 7.81. The van der Waals surface area contributed by atoms with Crippen LogP contribution >= 0.6 is 0 Å². The molecule has 21 heavy (non-hydrogen) atoms. The average Bonchev–Trinajstić information content (AvgIpc) is 2.43. The Labute approximate surface area is 130 Å². The number of nitrogens with two attached hydrogens (primary N) is 1. The number of nitrogens with one attached hydrogen (secondary N) is 1. The summed E-state index contributed by atoms with van der Waals surface area (Å²) in [4.78, 5) is 9.17. The third kappa shape index (κ3) is 17.5. The van der Waals surface area contributed by atoms with Crippen molar-refractivity contribution in [2.24, 2.45) is 5.73 Å². The van der Waals surface area contributed by atoms with E-state index in [1.54, 1.807) is 0 Å². The molecule has 0 unspecified atom stereocenters. The molecule has 0 amide bonds. The molecular weight excluding hydrogens is 268 g/mol. The first-order valence-electron chi connectivity index (χ1n) is 7.81. The molecule has 5 nitrogen and oxygen atoms in total. The number of hydrogen-bond donors (Lipinski definition) is 2. The van der Waals surface area contributed by atoms with E-state index in [1.165, 1.54) is 0 Å². The molecule has 0 fully saturated rings. The molecule has 0 aromatic carbocycles. The normalized spacial score (nSPS) is 11.8. The van der Waals surface area contributed by atoms with Gasteiger partial charge in [0.05, 0.1) is 24.4 Å². The van der Waals surface area contributed by atoms with Crippen molar-refractivity contribution in [2.45, 2.75) is 65.1 Å². The topological polar surface area (TPSA) is 73.6 Å². The van der Waals surface area contributed by atoms with Crippen LogP contribution in [0.2, 0.25) is 0 Å². The van der Waals surface area contributed by atoms with E-state index in [0.717, 1.165) is 25.7 Å². The van der Waals surface area contributed by atoms with Gasteiger partial charge in [-0.05, 0) is 54.1 Å². The molecule has 0 aromatic rings. The van der Waals surface area contributed by atoms with Gasteiger partial charge in [-0.3, -0.25) is 0 Å². The maximum absolute atomic E-state index is 9.17. The smallest absolute Gasteiger partial charge is 0.119 e. The number of hydrogen-bond acceptors (Lipinski definition) is 5. The highest BCUT2D eigenvalue weighted by atomic mass is 16.5. The van der Waals surface area contributed by atoms with Crippen LogP contribution < -0.4 is 11.1 Å². The van der Waals surface area contributed by atoms with Gasteiger partial charge in [-0.1, -0.05) is 6.92 Å². The molecule has 3 N–H and O–H groups in total. The van der Waals surface area contributed by atoms with Gasteiger partial charge in [0.25, 0.3) is 0 Å². The summed E-state index contributed by atoms with van der Waals surface area (Å²) in [6.45, 7) is 13.1. The van der Waals surface area contributed by atoms with Gasteiger partial charge in [0.15, 0.2) is 0 Å². The fourth-order valence-electron chi connectivity index (χ4n) is 1.48. The summed E-state index contributed by atoms with van der Waals surface area (Å²) in [6, 6.07) is 0. The maximum Gasteiger partial charge on any atom is 0.119 e. The predicted octanol–water partition coefficient (Wildman–Crippen LogP) is 2.13. The Hall–Kier alpha value is -0.490. The second-order valence-electron chi connectivity index (χ2n) is 6.18. The minimum atomic E-state index is -0.154. The molecule has 0 atom stereocenters. The number of carbonyl (C=O) groups excluding carboxylic acids is 1. The van der Waals surface area contributed by atoms with Crippen LogP contribution in [0.1, 0.15) is 53.9 Å². The molecule has 0 aliphatic carbocycles. The van der Waals surface area contributed by atoms with Crippen molar-refractivity contribution >= 4 is 6.29 Å². The Balaban J connectivity index is 0. The maximum atomic E-state index is 9.17. The van der Waals surface area contributed by atoms with E-state index in [9.17, 15) is 4.79 Å². The second kappa shape index (κ2) is 13.2. The molecular formula is C16H36N2O3. The first kappa shape index (κ1) is 22.8. The lowest BCUT2D eigenvalue weighted by molar-refractivity contribution is -0.107. The lowest BCUT2D eigenvalue weighted by Gasteiger charge is -2.29. The zero-order valence-corrected chi connectivity index (χ0v) is 14.8. The van der Waals surface area contributed by atoms with Gasteiger partial charge in [0, 0.05) is 13.0 Å². The molecule has 0 heterocycles. The molecule has 5 heteroatoms. The van der Waals surface area contributed by atoms with Crippen LogP contribution in [-0.2, 0) is 14.3 Å². The summed E-state index contributed by atoms with van der Waals surface area (Å²) in [6.07, 6.45) is 3.41. The fourth-order valence-corrected chi connectivity index (χ4v) is 1.48.